The van der Waals surface area contributed by atoms with Gasteiger partial charge in [0.15, 0.2) is 0 Å². The lowest BCUT2D eigenvalue weighted by atomic mass is 9.87. The van der Waals surface area contributed by atoms with Crippen LogP contribution in [0.5, 0.6) is 0 Å². The second kappa shape index (κ2) is 12.3. The van der Waals surface area contributed by atoms with E-state index in [0.29, 0.717) is 50.0 Å². The third kappa shape index (κ3) is 6.29. The second-order valence-corrected chi connectivity index (χ2v) is 10.4. The van der Waals surface area contributed by atoms with E-state index in [0.717, 1.165) is 16.6 Å². The molecule has 0 saturated carbocycles. The first kappa shape index (κ1) is 28.0. The predicted molar refractivity (Wildman–Crippen MR) is 153 cm³/mol. The van der Waals surface area contributed by atoms with Crippen LogP contribution in [0.25, 0.3) is 10.9 Å². The standard InChI is InChI=1S/C32H32FN3O5/c1-2-41-32(38)23-13-15-34(16-14-23)31(37)19-27(24-9-6-10-25(33)17-24)29-21-35(20-22-7-4-3-5-8-22)30-12-11-26(36(39)40)18-28(29)30/h3-12,17-18,21,23,27H,2,13-16,19-20H2,1H3. The number of hydrogen-bond acceptors (Lipinski definition) is 5. The van der Waals surface area contributed by atoms with Crippen LogP contribution in [-0.4, -0.2) is 46.0 Å². The number of ether oxygens (including phenoxy) is 1. The molecule has 4 aromatic rings. The number of rotatable bonds is 9. The van der Waals surface area contributed by atoms with E-state index in [1.807, 2.05) is 41.1 Å². The number of nitro groups is 1. The molecule has 5 rings (SSSR count). The van der Waals surface area contributed by atoms with Crippen molar-refractivity contribution in [1.29, 1.82) is 0 Å². The maximum absolute atomic E-state index is 14.5. The molecular weight excluding hydrogens is 525 g/mol. The quantitative estimate of drug-likeness (QED) is 0.142. The molecule has 1 saturated heterocycles. The van der Waals surface area contributed by atoms with E-state index >= 15 is 0 Å². The van der Waals surface area contributed by atoms with E-state index < -0.39 is 16.7 Å². The van der Waals surface area contributed by atoms with Crippen molar-refractivity contribution in [1.82, 2.24) is 9.47 Å². The fraction of sp³-hybridized carbons (Fsp3) is 0.312. The summed E-state index contributed by atoms with van der Waals surface area (Å²) in [6, 6.07) is 20.8. The molecule has 1 amide bonds. The molecule has 1 atom stereocenters. The van der Waals surface area contributed by atoms with Crippen molar-refractivity contribution >= 4 is 28.5 Å². The van der Waals surface area contributed by atoms with Gasteiger partial charge in [-0.05, 0) is 54.7 Å². The number of nitro benzene ring substituents is 1. The van der Waals surface area contributed by atoms with Crippen LogP contribution in [0.15, 0.2) is 79.0 Å². The average molecular weight is 558 g/mol. The highest BCUT2D eigenvalue weighted by Gasteiger charge is 2.31. The Bertz CT molecular complexity index is 1560. The van der Waals surface area contributed by atoms with Crippen molar-refractivity contribution in [3.05, 3.63) is 112 Å². The molecule has 9 heteroatoms. The van der Waals surface area contributed by atoms with Crippen LogP contribution in [0, 0.1) is 21.8 Å². The fourth-order valence-electron chi connectivity index (χ4n) is 5.67. The molecule has 1 unspecified atom stereocenters. The number of non-ortho nitro benzene ring substituents is 1. The normalized spacial score (nSPS) is 14.6. The van der Waals surface area contributed by atoms with E-state index in [-0.39, 0.29) is 29.9 Å². The highest BCUT2D eigenvalue weighted by atomic mass is 19.1. The summed E-state index contributed by atoms with van der Waals surface area (Å²) in [5, 5.41) is 12.3. The molecular formula is C32H32FN3O5. The number of hydrogen-bond donors (Lipinski definition) is 0. The molecule has 1 aromatic heterocycles. The number of amides is 1. The summed E-state index contributed by atoms with van der Waals surface area (Å²) in [5.74, 6) is -1.53. The van der Waals surface area contributed by atoms with Crippen LogP contribution >= 0.6 is 0 Å². The van der Waals surface area contributed by atoms with Gasteiger partial charge >= 0.3 is 5.97 Å². The highest BCUT2D eigenvalue weighted by Crippen LogP contribution is 2.37. The van der Waals surface area contributed by atoms with Gasteiger partial charge in [-0.3, -0.25) is 19.7 Å². The minimum atomic E-state index is -0.539. The maximum atomic E-state index is 14.5. The summed E-state index contributed by atoms with van der Waals surface area (Å²) in [6.07, 6.45) is 3.04. The van der Waals surface area contributed by atoms with Gasteiger partial charge in [-0.25, -0.2) is 4.39 Å². The second-order valence-electron chi connectivity index (χ2n) is 10.4. The predicted octanol–water partition coefficient (Wildman–Crippen LogP) is 6.06. The number of aromatic nitrogens is 1. The summed E-state index contributed by atoms with van der Waals surface area (Å²) in [4.78, 5) is 38.8. The van der Waals surface area contributed by atoms with E-state index in [2.05, 4.69) is 0 Å². The van der Waals surface area contributed by atoms with Crippen LogP contribution in [0.3, 0.4) is 0 Å². The van der Waals surface area contributed by atoms with Gasteiger partial charge in [-0.15, -0.1) is 0 Å². The molecule has 0 aliphatic carbocycles. The number of halogens is 1. The number of piperidine rings is 1. The first-order chi connectivity index (χ1) is 19.8. The van der Waals surface area contributed by atoms with E-state index in [9.17, 15) is 24.1 Å². The number of carbonyl (C=O) groups excluding carboxylic acids is 2. The Morgan fingerprint density at radius 2 is 1.80 bits per heavy atom. The van der Waals surface area contributed by atoms with E-state index in [1.54, 1.807) is 30.0 Å². The van der Waals surface area contributed by atoms with Gasteiger partial charge in [0.25, 0.3) is 5.69 Å². The molecule has 8 nitrogen and oxygen atoms in total. The fourth-order valence-corrected chi connectivity index (χ4v) is 5.67. The van der Waals surface area contributed by atoms with Gasteiger partial charge < -0.3 is 14.2 Å². The molecule has 1 fully saturated rings. The number of benzene rings is 3. The van der Waals surface area contributed by atoms with Crippen LogP contribution in [0.4, 0.5) is 10.1 Å². The lowest BCUT2D eigenvalue weighted by Crippen LogP contribution is -2.41. The Hall–Kier alpha value is -4.53. The first-order valence-electron chi connectivity index (χ1n) is 13.8. The number of nitrogens with zero attached hydrogens (tertiary/aromatic N) is 3. The molecule has 0 N–H and O–H groups in total. The maximum Gasteiger partial charge on any atom is 0.309 e. The number of fused-ring (bicyclic) bond motifs is 1. The lowest BCUT2D eigenvalue weighted by molar-refractivity contribution is -0.384. The van der Waals surface area contributed by atoms with Gasteiger partial charge in [0, 0.05) is 61.2 Å². The third-order valence-corrected chi connectivity index (χ3v) is 7.77. The van der Waals surface area contributed by atoms with Crippen molar-refractivity contribution in [2.24, 2.45) is 5.92 Å². The van der Waals surface area contributed by atoms with Gasteiger partial charge in [0.05, 0.1) is 17.4 Å². The largest absolute Gasteiger partial charge is 0.466 e. The minimum absolute atomic E-state index is 0.0541. The van der Waals surface area contributed by atoms with Crippen LogP contribution in [-0.2, 0) is 20.9 Å². The van der Waals surface area contributed by atoms with Crippen molar-refractivity contribution < 1.29 is 23.6 Å². The zero-order valence-corrected chi connectivity index (χ0v) is 22.9. The van der Waals surface area contributed by atoms with Gasteiger partial charge in [-0.1, -0.05) is 42.5 Å². The summed E-state index contributed by atoms with van der Waals surface area (Å²) in [7, 11) is 0. The Kier molecular flexibility index (Phi) is 8.42. The van der Waals surface area contributed by atoms with Crippen molar-refractivity contribution in [3.8, 4) is 0 Å². The Balaban J connectivity index is 1.51. The van der Waals surface area contributed by atoms with Crippen molar-refractivity contribution in [2.75, 3.05) is 19.7 Å². The minimum Gasteiger partial charge on any atom is -0.466 e. The molecule has 1 aliphatic rings. The van der Waals surface area contributed by atoms with E-state index in [1.165, 1.54) is 24.3 Å². The van der Waals surface area contributed by atoms with Crippen molar-refractivity contribution in [3.63, 3.8) is 0 Å². The van der Waals surface area contributed by atoms with Crippen LogP contribution < -0.4 is 0 Å². The molecule has 1 aliphatic heterocycles. The number of esters is 1. The van der Waals surface area contributed by atoms with Crippen LogP contribution in [0.2, 0.25) is 0 Å². The zero-order chi connectivity index (χ0) is 28.9. The molecule has 0 bridgehead atoms. The summed E-state index contributed by atoms with van der Waals surface area (Å²) in [6.45, 7) is 3.48. The van der Waals surface area contributed by atoms with Gasteiger partial charge in [0.2, 0.25) is 5.91 Å². The van der Waals surface area contributed by atoms with E-state index in [4.69, 9.17) is 4.74 Å². The molecule has 3 aromatic carbocycles. The summed E-state index contributed by atoms with van der Waals surface area (Å²) < 4.78 is 21.6. The number of likely N-dealkylation sites (tertiary alicyclic amines) is 1. The Morgan fingerprint density at radius 1 is 1.05 bits per heavy atom. The Morgan fingerprint density at radius 3 is 2.49 bits per heavy atom. The van der Waals surface area contributed by atoms with Crippen LogP contribution in [0.1, 0.15) is 48.8 Å². The summed E-state index contributed by atoms with van der Waals surface area (Å²) >= 11 is 0. The smallest absolute Gasteiger partial charge is 0.309 e. The molecule has 212 valence electrons. The lowest BCUT2D eigenvalue weighted by Gasteiger charge is -2.32. The zero-order valence-electron chi connectivity index (χ0n) is 22.9. The third-order valence-electron chi connectivity index (χ3n) is 7.77. The van der Waals surface area contributed by atoms with Crippen molar-refractivity contribution in [2.45, 2.75) is 38.6 Å². The topological polar surface area (TPSA) is 94.7 Å². The molecule has 41 heavy (non-hydrogen) atoms. The van der Waals surface area contributed by atoms with Gasteiger partial charge in [-0.2, -0.15) is 0 Å². The summed E-state index contributed by atoms with van der Waals surface area (Å²) in [5.41, 5.74) is 3.13. The molecule has 0 spiro atoms. The molecule has 2 heterocycles. The SMILES string of the molecule is CCOC(=O)C1CCN(C(=O)CC(c2cccc(F)c2)c2cn(Cc3ccccc3)c3ccc([N+](=O)[O-])cc23)CC1. The number of carbonyl (C=O) groups is 2. The monoisotopic (exact) mass is 557 g/mol. The molecule has 0 radical (unpaired) electrons. The van der Waals surface area contributed by atoms with Gasteiger partial charge in [0.1, 0.15) is 5.82 Å². The highest BCUT2D eigenvalue weighted by molar-refractivity contribution is 5.88. The average Bonchev–Trinajstić information content (AvgIpc) is 3.33. The first-order valence-corrected chi connectivity index (χ1v) is 13.8. The Labute approximate surface area is 237 Å².